The van der Waals surface area contributed by atoms with E-state index in [1.807, 2.05) is 24.3 Å². The van der Waals surface area contributed by atoms with Crippen LogP contribution in [0, 0.1) is 0 Å². The van der Waals surface area contributed by atoms with Gasteiger partial charge in [0, 0.05) is 22.5 Å². The molecule has 1 aliphatic heterocycles. The van der Waals surface area contributed by atoms with Gasteiger partial charge in [-0.15, -0.1) is 11.3 Å². The summed E-state index contributed by atoms with van der Waals surface area (Å²) in [6.45, 7) is 9.54. The standard InChI is InChI=1S/C26H31N3O6S/c1-6-33-20(30)13-19-14-36-26(29-19)28-18-11-9-10-17(12-18)23-21(24(31)34-7-2)15(4)27-16(5)22(23)25(32)35-8-3/h9-12,14,23,27H,6-8,13H2,1-5H3,(H,28,29). The summed E-state index contributed by atoms with van der Waals surface area (Å²) < 4.78 is 15.6. The molecule has 9 nitrogen and oxygen atoms in total. The van der Waals surface area contributed by atoms with E-state index in [1.54, 1.807) is 40.0 Å². The van der Waals surface area contributed by atoms with E-state index < -0.39 is 17.9 Å². The maximum Gasteiger partial charge on any atom is 0.336 e. The number of dihydropyridines is 1. The molecule has 36 heavy (non-hydrogen) atoms. The summed E-state index contributed by atoms with van der Waals surface area (Å²) in [7, 11) is 0. The van der Waals surface area contributed by atoms with Gasteiger partial charge >= 0.3 is 17.9 Å². The second kappa shape index (κ2) is 12.3. The average Bonchev–Trinajstić information content (AvgIpc) is 3.25. The molecule has 1 aromatic carbocycles. The first-order valence-corrected chi connectivity index (χ1v) is 12.7. The second-order valence-electron chi connectivity index (χ2n) is 7.95. The number of anilines is 2. The Kier molecular flexibility index (Phi) is 9.24. The monoisotopic (exact) mass is 513 g/mol. The number of thiazole rings is 1. The number of carbonyl (C=O) groups excluding carboxylic acids is 3. The molecule has 0 spiro atoms. The van der Waals surface area contributed by atoms with Crippen molar-refractivity contribution >= 4 is 40.1 Å². The van der Waals surface area contributed by atoms with Crippen molar-refractivity contribution in [3.63, 3.8) is 0 Å². The molecule has 2 aromatic rings. The van der Waals surface area contributed by atoms with E-state index in [1.165, 1.54) is 11.3 Å². The van der Waals surface area contributed by atoms with Gasteiger partial charge in [-0.3, -0.25) is 4.79 Å². The van der Waals surface area contributed by atoms with Gasteiger partial charge in [-0.05, 0) is 52.3 Å². The van der Waals surface area contributed by atoms with Crippen LogP contribution < -0.4 is 10.6 Å². The van der Waals surface area contributed by atoms with Crippen molar-refractivity contribution in [1.29, 1.82) is 0 Å². The van der Waals surface area contributed by atoms with Crippen LogP contribution in [0.5, 0.6) is 0 Å². The van der Waals surface area contributed by atoms with Gasteiger partial charge < -0.3 is 24.8 Å². The zero-order valence-corrected chi connectivity index (χ0v) is 21.9. The van der Waals surface area contributed by atoms with E-state index >= 15 is 0 Å². The van der Waals surface area contributed by atoms with E-state index in [9.17, 15) is 14.4 Å². The average molecular weight is 514 g/mol. The lowest BCUT2D eigenvalue weighted by molar-refractivity contribution is -0.142. The molecule has 192 valence electrons. The molecular weight excluding hydrogens is 482 g/mol. The lowest BCUT2D eigenvalue weighted by Gasteiger charge is -2.30. The minimum atomic E-state index is -0.679. The summed E-state index contributed by atoms with van der Waals surface area (Å²) in [4.78, 5) is 42.2. The van der Waals surface area contributed by atoms with Crippen molar-refractivity contribution in [2.45, 2.75) is 47.0 Å². The van der Waals surface area contributed by atoms with Gasteiger partial charge in [0.05, 0.1) is 49.0 Å². The number of nitrogens with zero attached hydrogens (tertiary/aromatic N) is 1. The summed E-state index contributed by atoms with van der Waals surface area (Å²) in [5.41, 5.74) is 3.99. The lowest BCUT2D eigenvalue weighted by atomic mass is 9.80. The first-order valence-electron chi connectivity index (χ1n) is 11.8. The summed E-state index contributed by atoms with van der Waals surface area (Å²) in [5, 5.41) is 8.78. The Morgan fingerprint density at radius 3 is 2.17 bits per heavy atom. The van der Waals surface area contributed by atoms with Gasteiger partial charge in [0.1, 0.15) is 0 Å². The maximum absolute atomic E-state index is 13.0. The Hall–Kier alpha value is -3.66. The smallest absolute Gasteiger partial charge is 0.336 e. The van der Waals surface area contributed by atoms with Crippen LogP contribution in [0.15, 0.2) is 52.2 Å². The van der Waals surface area contributed by atoms with Gasteiger partial charge in [-0.25, -0.2) is 14.6 Å². The van der Waals surface area contributed by atoms with Gasteiger partial charge in [0.15, 0.2) is 5.13 Å². The molecule has 1 aromatic heterocycles. The second-order valence-corrected chi connectivity index (χ2v) is 8.81. The van der Waals surface area contributed by atoms with E-state index in [4.69, 9.17) is 14.2 Å². The van der Waals surface area contributed by atoms with Crippen LogP contribution in [-0.2, 0) is 35.0 Å². The largest absolute Gasteiger partial charge is 0.466 e. The fourth-order valence-corrected chi connectivity index (χ4v) is 4.74. The van der Waals surface area contributed by atoms with E-state index in [0.29, 0.717) is 45.7 Å². The van der Waals surface area contributed by atoms with Gasteiger partial charge in [0.2, 0.25) is 0 Å². The first kappa shape index (κ1) is 26.9. The summed E-state index contributed by atoms with van der Waals surface area (Å²) in [6, 6.07) is 7.41. The highest BCUT2D eigenvalue weighted by Crippen LogP contribution is 2.40. The van der Waals surface area contributed by atoms with Gasteiger partial charge in [-0.2, -0.15) is 0 Å². The quantitative estimate of drug-likeness (QED) is 0.353. The van der Waals surface area contributed by atoms with Crippen LogP contribution in [0.25, 0.3) is 0 Å². The third kappa shape index (κ3) is 6.31. The fourth-order valence-electron chi connectivity index (χ4n) is 4.01. The van der Waals surface area contributed by atoms with Crippen molar-refractivity contribution in [1.82, 2.24) is 10.3 Å². The molecule has 0 aliphatic carbocycles. The molecule has 10 heteroatoms. The minimum Gasteiger partial charge on any atom is -0.466 e. The van der Waals surface area contributed by atoms with Crippen LogP contribution in [0.3, 0.4) is 0 Å². The molecule has 0 bridgehead atoms. The topological polar surface area (TPSA) is 116 Å². The predicted molar refractivity (Wildman–Crippen MR) is 137 cm³/mol. The van der Waals surface area contributed by atoms with Crippen molar-refractivity contribution in [3.05, 3.63) is 63.4 Å². The molecule has 3 rings (SSSR count). The fraction of sp³-hybridized carbons (Fsp3) is 0.385. The van der Waals surface area contributed by atoms with E-state index in [2.05, 4.69) is 15.6 Å². The minimum absolute atomic E-state index is 0.0983. The van der Waals surface area contributed by atoms with Gasteiger partial charge in [-0.1, -0.05) is 12.1 Å². The number of ether oxygens (including phenoxy) is 3. The van der Waals surface area contributed by atoms with Crippen LogP contribution in [-0.4, -0.2) is 42.7 Å². The van der Waals surface area contributed by atoms with E-state index in [-0.39, 0.29) is 25.6 Å². The number of aromatic nitrogens is 1. The number of hydrogen-bond donors (Lipinski definition) is 2. The number of benzene rings is 1. The highest BCUT2D eigenvalue weighted by Gasteiger charge is 2.38. The van der Waals surface area contributed by atoms with Gasteiger partial charge in [0.25, 0.3) is 0 Å². The zero-order chi connectivity index (χ0) is 26.2. The Morgan fingerprint density at radius 1 is 0.972 bits per heavy atom. The molecule has 0 amide bonds. The SMILES string of the molecule is CCOC(=O)Cc1csc(Nc2cccc(C3C(C(=O)OCC)=C(C)NC(C)=C3C(=O)OCC)c2)n1. The van der Waals surface area contributed by atoms with Crippen LogP contribution in [0.2, 0.25) is 0 Å². The molecule has 0 radical (unpaired) electrons. The first-order chi connectivity index (χ1) is 17.3. The molecule has 0 unspecified atom stereocenters. The molecule has 0 atom stereocenters. The molecule has 1 aliphatic rings. The molecule has 0 saturated heterocycles. The molecule has 2 N–H and O–H groups in total. The highest BCUT2D eigenvalue weighted by atomic mass is 32.1. The van der Waals surface area contributed by atoms with Crippen molar-refractivity contribution in [3.8, 4) is 0 Å². The summed E-state index contributed by atoms with van der Waals surface area (Å²) in [6.07, 6.45) is 0.0983. The third-order valence-corrected chi connectivity index (χ3v) is 6.21. The Balaban J connectivity index is 1.96. The number of rotatable bonds is 10. The predicted octanol–water partition coefficient (Wildman–Crippen LogP) is 4.35. The van der Waals surface area contributed by atoms with Crippen LogP contribution >= 0.6 is 11.3 Å². The summed E-state index contributed by atoms with van der Waals surface area (Å²) >= 11 is 1.36. The third-order valence-electron chi connectivity index (χ3n) is 5.40. The highest BCUT2D eigenvalue weighted by molar-refractivity contribution is 7.13. The summed E-state index contributed by atoms with van der Waals surface area (Å²) in [5.74, 6) is -2.00. The van der Waals surface area contributed by atoms with Crippen molar-refractivity contribution < 1.29 is 28.6 Å². The Bertz CT molecular complexity index is 1160. The number of allylic oxidation sites excluding steroid dienone is 2. The molecule has 2 heterocycles. The van der Waals surface area contributed by atoms with E-state index in [0.717, 1.165) is 5.56 Å². The number of esters is 3. The Morgan fingerprint density at radius 2 is 1.58 bits per heavy atom. The molecule has 0 fully saturated rings. The normalized spacial score (nSPS) is 13.8. The zero-order valence-electron chi connectivity index (χ0n) is 21.1. The Labute approximate surface area is 214 Å². The van der Waals surface area contributed by atoms with Crippen LogP contribution in [0.4, 0.5) is 10.8 Å². The number of nitrogens with one attached hydrogen (secondary N) is 2. The lowest BCUT2D eigenvalue weighted by Crippen LogP contribution is -2.32. The van der Waals surface area contributed by atoms with Crippen LogP contribution in [0.1, 0.15) is 51.8 Å². The number of hydrogen-bond acceptors (Lipinski definition) is 10. The van der Waals surface area contributed by atoms with Crippen molar-refractivity contribution in [2.24, 2.45) is 0 Å². The molecule has 0 saturated carbocycles. The number of carbonyl (C=O) groups is 3. The van der Waals surface area contributed by atoms with Crippen molar-refractivity contribution in [2.75, 3.05) is 25.1 Å². The molecular formula is C26H31N3O6S. The maximum atomic E-state index is 13.0.